The van der Waals surface area contributed by atoms with Crippen LogP contribution in [0.15, 0.2) is 88.0 Å². The van der Waals surface area contributed by atoms with E-state index in [1.807, 2.05) is 83.2 Å². The number of carbonyl (C=O) groups is 1. The number of nitrogens with zero attached hydrogens (tertiary/aromatic N) is 3. The first kappa shape index (κ1) is 21.3. The van der Waals surface area contributed by atoms with E-state index >= 15 is 0 Å². The Bertz CT molecular complexity index is 1300. The van der Waals surface area contributed by atoms with Crippen molar-refractivity contribution in [1.29, 1.82) is 0 Å². The summed E-state index contributed by atoms with van der Waals surface area (Å²) in [5.41, 5.74) is 3.43. The monoisotopic (exact) mass is 471 g/mol. The van der Waals surface area contributed by atoms with Gasteiger partial charge in [0.15, 0.2) is 0 Å². The zero-order valence-electron chi connectivity index (χ0n) is 18.0. The Morgan fingerprint density at radius 3 is 2.03 bits per heavy atom. The van der Waals surface area contributed by atoms with Crippen molar-refractivity contribution >= 4 is 28.6 Å². The first-order valence-corrected chi connectivity index (χ1v) is 12.3. The Morgan fingerprint density at radius 2 is 1.45 bits per heavy atom. The predicted octanol–water partition coefficient (Wildman–Crippen LogP) is 6.68. The SMILES string of the molecule is Cc1cccc(-c2nnc(-c3ccc(C(=O)N(Cc4cccs4)Cc4cccs4)cc3)o2)c1. The largest absolute Gasteiger partial charge is 0.416 e. The summed E-state index contributed by atoms with van der Waals surface area (Å²) in [7, 11) is 0. The molecule has 7 heteroatoms. The van der Waals surface area contributed by atoms with Gasteiger partial charge in [-0.15, -0.1) is 32.9 Å². The molecule has 0 N–H and O–H groups in total. The van der Waals surface area contributed by atoms with E-state index in [0.717, 1.165) is 26.4 Å². The quantitative estimate of drug-likeness (QED) is 0.266. The lowest BCUT2D eigenvalue weighted by molar-refractivity contribution is 0.0733. The van der Waals surface area contributed by atoms with Gasteiger partial charge in [-0.3, -0.25) is 4.79 Å². The van der Waals surface area contributed by atoms with Gasteiger partial charge in [0.2, 0.25) is 11.8 Å². The normalized spacial score (nSPS) is 10.9. The van der Waals surface area contributed by atoms with Crippen molar-refractivity contribution in [3.63, 3.8) is 0 Å². The number of thiophene rings is 2. The van der Waals surface area contributed by atoms with Crippen LogP contribution < -0.4 is 0 Å². The van der Waals surface area contributed by atoms with Gasteiger partial charge in [0, 0.05) is 26.4 Å². The maximum atomic E-state index is 13.3. The van der Waals surface area contributed by atoms with Crippen LogP contribution in [0.25, 0.3) is 22.9 Å². The van der Waals surface area contributed by atoms with Crippen LogP contribution in [-0.2, 0) is 13.1 Å². The fourth-order valence-electron chi connectivity index (χ4n) is 3.55. The maximum absolute atomic E-state index is 13.3. The molecule has 0 saturated heterocycles. The van der Waals surface area contributed by atoms with Gasteiger partial charge < -0.3 is 9.32 Å². The number of hydrogen-bond donors (Lipinski definition) is 0. The zero-order valence-corrected chi connectivity index (χ0v) is 19.6. The molecule has 0 saturated carbocycles. The molecular weight excluding hydrogens is 450 g/mol. The standard InChI is InChI=1S/C26H21N3O2S2/c1-18-5-2-6-21(15-18)25-28-27-24(31-25)19-9-11-20(12-10-19)26(30)29(16-22-7-3-13-32-22)17-23-8-4-14-33-23/h2-15H,16-17H2,1H3. The van der Waals surface area contributed by atoms with Gasteiger partial charge >= 0.3 is 0 Å². The molecule has 1 amide bonds. The molecule has 164 valence electrons. The van der Waals surface area contributed by atoms with Crippen molar-refractivity contribution in [2.75, 3.05) is 0 Å². The molecule has 0 aliphatic rings. The fraction of sp³-hybridized carbons (Fsp3) is 0.115. The van der Waals surface area contributed by atoms with E-state index in [0.29, 0.717) is 30.4 Å². The third-order valence-electron chi connectivity index (χ3n) is 5.21. The van der Waals surface area contributed by atoms with E-state index in [1.54, 1.807) is 22.7 Å². The third-order valence-corrected chi connectivity index (χ3v) is 6.93. The molecule has 33 heavy (non-hydrogen) atoms. The highest BCUT2D eigenvalue weighted by Gasteiger charge is 2.19. The molecule has 5 rings (SSSR count). The summed E-state index contributed by atoms with van der Waals surface area (Å²) < 4.78 is 5.88. The van der Waals surface area contributed by atoms with Crippen molar-refractivity contribution in [3.8, 4) is 22.9 Å². The van der Waals surface area contributed by atoms with E-state index in [1.165, 1.54) is 0 Å². The summed E-state index contributed by atoms with van der Waals surface area (Å²) in [6, 6.07) is 23.4. The van der Waals surface area contributed by atoms with Crippen molar-refractivity contribution in [2.24, 2.45) is 0 Å². The number of aryl methyl sites for hydroxylation is 1. The fourth-order valence-corrected chi connectivity index (χ4v) is 4.99. The molecule has 5 aromatic rings. The second-order valence-electron chi connectivity index (χ2n) is 7.68. The summed E-state index contributed by atoms with van der Waals surface area (Å²) in [4.78, 5) is 17.6. The number of carbonyl (C=O) groups excluding carboxylic acids is 1. The number of benzene rings is 2. The average Bonchev–Trinajstić information content (AvgIpc) is 3.61. The molecule has 0 aliphatic heterocycles. The number of rotatable bonds is 7. The van der Waals surface area contributed by atoms with Crippen LogP contribution in [0.4, 0.5) is 0 Å². The van der Waals surface area contributed by atoms with Gasteiger partial charge in [-0.25, -0.2) is 0 Å². The number of aromatic nitrogens is 2. The van der Waals surface area contributed by atoms with E-state index in [-0.39, 0.29) is 5.91 Å². The zero-order chi connectivity index (χ0) is 22.6. The molecule has 5 nitrogen and oxygen atoms in total. The Labute approximate surface area is 200 Å². The molecule has 0 radical (unpaired) electrons. The lowest BCUT2D eigenvalue weighted by Gasteiger charge is -2.21. The molecule has 3 heterocycles. The molecule has 0 aliphatic carbocycles. The van der Waals surface area contributed by atoms with E-state index in [4.69, 9.17) is 4.42 Å². The van der Waals surface area contributed by atoms with Crippen LogP contribution in [0, 0.1) is 6.92 Å². The highest BCUT2D eigenvalue weighted by Crippen LogP contribution is 2.25. The third kappa shape index (κ3) is 4.94. The Morgan fingerprint density at radius 1 is 0.818 bits per heavy atom. The number of amides is 1. The van der Waals surface area contributed by atoms with Crippen molar-refractivity contribution < 1.29 is 9.21 Å². The van der Waals surface area contributed by atoms with Gasteiger partial charge in [0.1, 0.15) is 0 Å². The molecule has 0 spiro atoms. The predicted molar refractivity (Wildman–Crippen MR) is 132 cm³/mol. The summed E-state index contributed by atoms with van der Waals surface area (Å²) in [6.07, 6.45) is 0. The number of hydrogen-bond acceptors (Lipinski definition) is 6. The second kappa shape index (κ2) is 9.52. The topological polar surface area (TPSA) is 59.2 Å². The van der Waals surface area contributed by atoms with Gasteiger partial charge in [-0.1, -0.05) is 29.8 Å². The van der Waals surface area contributed by atoms with E-state index in [9.17, 15) is 4.79 Å². The molecule has 0 atom stereocenters. The Kier molecular flexibility index (Phi) is 6.15. The minimum Gasteiger partial charge on any atom is -0.416 e. The first-order valence-electron chi connectivity index (χ1n) is 10.5. The van der Waals surface area contributed by atoms with Gasteiger partial charge in [0.05, 0.1) is 13.1 Å². The van der Waals surface area contributed by atoms with Crippen molar-refractivity contribution in [3.05, 3.63) is 104 Å². The molecule has 3 aromatic heterocycles. The van der Waals surface area contributed by atoms with Crippen LogP contribution >= 0.6 is 22.7 Å². The summed E-state index contributed by atoms with van der Waals surface area (Å²) >= 11 is 3.32. The van der Waals surface area contributed by atoms with Gasteiger partial charge in [-0.2, -0.15) is 0 Å². The van der Waals surface area contributed by atoms with E-state index < -0.39 is 0 Å². The van der Waals surface area contributed by atoms with Crippen LogP contribution in [0.1, 0.15) is 25.7 Å². The second-order valence-corrected chi connectivity index (χ2v) is 9.74. The molecule has 0 unspecified atom stereocenters. The van der Waals surface area contributed by atoms with Crippen LogP contribution in [-0.4, -0.2) is 21.0 Å². The van der Waals surface area contributed by atoms with Crippen LogP contribution in [0.3, 0.4) is 0 Å². The molecule has 0 bridgehead atoms. The smallest absolute Gasteiger partial charge is 0.254 e. The van der Waals surface area contributed by atoms with E-state index in [2.05, 4.69) is 22.3 Å². The maximum Gasteiger partial charge on any atom is 0.254 e. The Balaban J connectivity index is 1.36. The summed E-state index contributed by atoms with van der Waals surface area (Å²) in [5.74, 6) is 0.904. The minimum absolute atomic E-state index is 0.00525. The first-order chi connectivity index (χ1) is 16.2. The highest BCUT2D eigenvalue weighted by molar-refractivity contribution is 7.10. The highest BCUT2D eigenvalue weighted by atomic mass is 32.1. The lowest BCUT2D eigenvalue weighted by atomic mass is 10.1. The van der Waals surface area contributed by atoms with Crippen molar-refractivity contribution in [2.45, 2.75) is 20.0 Å². The molecular formula is C26H21N3O2S2. The van der Waals surface area contributed by atoms with Crippen LogP contribution in [0.2, 0.25) is 0 Å². The van der Waals surface area contributed by atoms with Gasteiger partial charge in [-0.05, 0) is 66.2 Å². The molecule has 0 fully saturated rings. The molecule has 2 aromatic carbocycles. The van der Waals surface area contributed by atoms with Crippen LogP contribution in [0.5, 0.6) is 0 Å². The summed E-state index contributed by atoms with van der Waals surface area (Å²) in [5, 5.41) is 12.4. The van der Waals surface area contributed by atoms with Gasteiger partial charge in [0.25, 0.3) is 5.91 Å². The summed E-state index contributed by atoms with van der Waals surface area (Å²) in [6.45, 7) is 3.19. The minimum atomic E-state index is -0.00525. The lowest BCUT2D eigenvalue weighted by Crippen LogP contribution is -2.29. The Hall–Kier alpha value is -3.55. The average molecular weight is 472 g/mol. The van der Waals surface area contributed by atoms with Crippen molar-refractivity contribution in [1.82, 2.24) is 15.1 Å².